The molecule has 0 fully saturated rings. The molecule has 1 atom stereocenters. The van der Waals surface area contributed by atoms with Crippen molar-refractivity contribution in [2.75, 3.05) is 0 Å². The predicted octanol–water partition coefficient (Wildman–Crippen LogP) is 3.71. The van der Waals surface area contributed by atoms with Gasteiger partial charge in [0.15, 0.2) is 0 Å². The van der Waals surface area contributed by atoms with E-state index in [0.29, 0.717) is 22.9 Å². The molecule has 1 aromatic carbocycles. The third-order valence-electron chi connectivity index (χ3n) is 3.24. The largest absolute Gasteiger partial charge is 0.335 e. The van der Waals surface area contributed by atoms with Crippen molar-refractivity contribution < 1.29 is 0 Å². The summed E-state index contributed by atoms with van der Waals surface area (Å²) < 4.78 is 2.15. The normalized spacial score (nSPS) is 12.6. The molecule has 0 amide bonds. The van der Waals surface area contributed by atoms with Crippen LogP contribution in [0.5, 0.6) is 0 Å². The van der Waals surface area contributed by atoms with Crippen LogP contribution in [0.15, 0.2) is 30.6 Å². The van der Waals surface area contributed by atoms with Gasteiger partial charge in [0.25, 0.3) is 0 Å². The Morgan fingerprint density at radius 2 is 1.95 bits per heavy atom. The van der Waals surface area contributed by atoms with E-state index in [-0.39, 0.29) is 6.04 Å². The topological polar surface area (TPSA) is 43.8 Å². The van der Waals surface area contributed by atoms with Crippen molar-refractivity contribution in [3.8, 4) is 0 Å². The van der Waals surface area contributed by atoms with E-state index < -0.39 is 0 Å². The molecule has 0 spiro atoms. The fourth-order valence-electron chi connectivity index (χ4n) is 2.27. The molecule has 108 valence electrons. The first-order valence-corrected chi connectivity index (χ1v) is 7.56. The number of nitrogens with zero attached hydrogens (tertiary/aromatic N) is 2. The van der Waals surface area contributed by atoms with Crippen molar-refractivity contribution in [3.63, 3.8) is 0 Å². The molecular formula is C15H19Cl2N3. The minimum absolute atomic E-state index is 0.0505. The van der Waals surface area contributed by atoms with Crippen LogP contribution in [0.25, 0.3) is 0 Å². The van der Waals surface area contributed by atoms with Gasteiger partial charge in [-0.3, -0.25) is 0 Å². The predicted molar refractivity (Wildman–Crippen MR) is 84.4 cm³/mol. The first kappa shape index (κ1) is 15.4. The lowest BCUT2D eigenvalue weighted by Gasteiger charge is -2.14. The third kappa shape index (κ3) is 3.75. The number of nitrogens with two attached hydrogens (primary N) is 1. The van der Waals surface area contributed by atoms with Crippen LogP contribution in [0.1, 0.15) is 24.7 Å². The zero-order chi connectivity index (χ0) is 14.5. The van der Waals surface area contributed by atoms with E-state index in [9.17, 15) is 0 Å². The highest BCUT2D eigenvalue weighted by atomic mass is 35.5. The molecule has 0 aliphatic rings. The standard InChI is InChI=1S/C15H19Cl2N3/c1-2-7-20-8-6-19-15(20)10-11(18)9-12-13(16)4-3-5-14(12)17/h3-6,8,11H,2,7,9-10,18H2,1H3. The Morgan fingerprint density at radius 1 is 1.25 bits per heavy atom. The first-order valence-electron chi connectivity index (χ1n) is 6.80. The number of benzene rings is 1. The third-order valence-corrected chi connectivity index (χ3v) is 3.95. The molecule has 0 radical (unpaired) electrons. The molecule has 0 aliphatic heterocycles. The molecular weight excluding hydrogens is 293 g/mol. The molecule has 1 heterocycles. The number of halogens is 2. The summed E-state index contributed by atoms with van der Waals surface area (Å²) in [5.41, 5.74) is 7.14. The minimum atomic E-state index is -0.0505. The maximum Gasteiger partial charge on any atom is 0.110 e. The second kappa shape index (κ2) is 7.11. The number of hydrogen-bond donors (Lipinski definition) is 1. The average Bonchev–Trinajstić information content (AvgIpc) is 2.82. The number of aromatic nitrogens is 2. The molecule has 2 rings (SSSR count). The summed E-state index contributed by atoms with van der Waals surface area (Å²) in [6.07, 6.45) is 6.26. The zero-order valence-corrected chi connectivity index (χ0v) is 13.0. The quantitative estimate of drug-likeness (QED) is 0.883. The van der Waals surface area contributed by atoms with Gasteiger partial charge in [0.05, 0.1) is 0 Å². The summed E-state index contributed by atoms with van der Waals surface area (Å²) in [5.74, 6) is 1.02. The van der Waals surface area contributed by atoms with Crippen molar-refractivity contribution in [1.82, 2.24) is 9.55 Å². The number of rotatable bonds is 6. The van der Waals surface area contributed by atoms with Crippen molar-refractivity contribution >= 4 is 23.2 Å². The molecule has 5 heteroatoms. The molecule has 0 aliphatic carbocycles. The smallest absolute Gasteiger partial charge is 0.110 e. The summed E-state index contributed by atoms with van der Waals surface area (Å²) >= 11 is 12.4. The van der Waals surface area contributed by atoms with Gasteiger partial charge in [-0.1, -0.05) is 36.2 Å². The summed E-state index contributed by atoms with van der Waals surface area (Å²) in [6, 6.07) is 5.47. The molecule has 1 unspecified atom stereocenters. The zero-order valence-electron chi connectivity index (χ0n) is 11.5. The van der Waals surface area contributed by atoms with E-state index in [2.05, 4.69) is 16.5 Å². The first-order chi connectivity index (χ1) is 9.61. The Balaban J connectivity index is 2.05. The van der Waals surface area contributed by atoms with Crippen LogP contribution in [0.2, 0.25) is 10.0 Å². The Morgan fingerprint density at radius 3 is 2.60 bits per heavy atom. The number of hydrogen-bond acceptors (Lipinski definition) is 2. The molecule has 20 heavy (non-hydrogen) atoms. The SMILES string of the molecule is CCCn1ccnc1CC(N)Cc1c(Cl)cccc1Cl. The molecule has 2 aromatic rings. The van der Waals surface area contributed by atoms with E-state index in [1.165, 1.54) is 0 Å². The lowest BCUT2D eigenvalue weighted by Crippen LogP contribution is -2.27. The summed E-state index contributed by atoms with van der Waals surface area (Å²) in [5, 5.41) is 1.34. The Kier molecular flexibility index (Phi) is 5.46. The Bertz CT molecular complexity index is 546. The second-order valence-corrected chi connectivity index (χ2v) is 5.72. The van der Waals surface area contributed by atoms with Crippen molar-refractivity contribution in [1.29, 1.82) is 0 Å². The van der Waals surface area contributed by atoms with Crippen molar-refractivity contribution in [3.05, 3.63) is 52.0 Å². The van der Waals surface area contributed by atoms with Gasteiger partial charge in [-0.25, -0.2) is 4.98 Å². The van der Waals surface area contributed by atoms with Gasteiger partial charge in [0.2, 0.25) is 0 Å². The molecule has 2 N–H and O–H groups in total. The van der Waals surface area contributed by atoms with Crippen molar-refractivity contribution in [2.45, 2.75) is 38.8 Å². The van der Waals surface area contributed by atoms with Crippen LogP contribution in [-0.2, 0) is 19.4 Å². The number of imidazole rings is 1. The minimum Gasteiger partial charge on any atom is -0.335 e. The van der Waals surface area contributed by atoms with Gasteiger partial charge >= 0.3 is 0 Å². The van der Waals surface area contributed by atoms with Crippen LogP contribution in [0.3, 0.4) is 0 Å². The molecule has 3 nitrogen and oxygen atoms in total. The van der Waals surface area contributed by atoms with Gasteiger partial charge in [0, 0.05) is 41.4 Å². The van der Waals surface area contributed by atoms with Crippen LogP contribution >= 0.6 is 23.2 Å². The second-order valence-electron chi connectivity index (χ2n) is 4.91. The van der Waals surface area contributed by atoms with E-state index in [1.54, 1.807) is 0 Å². The van der Waals surface area contributed by atoms with Crippen LogP contribution < -0.4 is 5.73 Å². The highest BCUT2D eigenvalue weighted by Gasteiger charge is 2.13. The molecule has 0 saturated carbocycles. The van der Waals surface area contributed by atoms with Gasteiger partial charge in [-0.05, 0) is 30.5 Å². The van der Waals surface area contributed by atoms with Gasteiger partial charge in [-0.15, -0.1) is 0 Å². The van der Waals surface area contributed by atoms with Crippen LogP contribution in [-0.4, -0.2) is 15.6 Å². The maximum absolute atomic E-state index is 6.23. The average molecular weight is 312 g/mol. The number of aryl methyl sites for hydroxylation is 1. The molecule has 0 saturated heterocycles. The van der Waals surface area contributed by atoms with E-state index in [4.69, 9.17) is 28.9 Å². The summed E-state index contributed by atoms with van der Waals surface area (Å²) in [6.45, 7) is 3.11. The van der Waals surface area contributed by atoms with Gasteiger partial charge in [0.1, 0.15) is 5.82 Å². The maximum atomic E-state index is 6.23. The van der Waals surface area contributed by atoms with Crippen LogP contribution in [0.4, 0.5) is 0 Å². The Labute approximate surface area is 129 Å². The van der Waals surface area contributed by atoms with Gasteiger partial charge in [-0.2, -0.15) is 0 Å². The summed E-state index contributed by atoms with van der Waals surface area (Å²) in [7, 11) is 0. The van der Waals surface area contributed by atoms with E-state index in [1.807, 2.05) is 30.6 Å². The highest BCUT2D eigenvalue weighted by molar-refractivity contribution is 6.35. The molecule has 1 aromatic heterocycles. The van der Waals surface area contributed by atoms with Crippen molar-refractivity contribution in [2.24, 2.45) is 5.73 Å². The summed E-state index contributed by atoms with van der Waals surface area (Å²) in [4.78, 5) is 4.38. The van der Waals surface area contributed by atoms with Gasteiger partial charge < -0.3 is 10.3 Å². The van der Waals surface area contributed by atoms with Crippen LogP contribution in [0, 0.1) is 0 Å². The lowest BCUT2D eigenvalue weighted by atomic mass is 10.0. The van der Waals surface area contributed by atoms with E-state index >= 15 is 0 Å². The van der Waals surface area contributed by atoms with E-state index in [0.717, 1.165) is 24.4 Å². The molecule has 0 bridgehead atoms. The highest BCUT2D eigenvalue weighted by Crippen LogP contribution is 2.25. The fourth-order valence-corrected chi connectivity index (χ4v) is 2.82. The fraction of sp³-hybridized carbons (Fsp3) is 0.400. The lowest BCUT2D eigenvalue weighted by molar-refractivity contribution is 0.582. The Hall–Kier alpha value is -1.03. The monoisotopic (exact) mass is 311 g/mol.